The molecule has 10 heteroatoms. The molecule has 0 unspecified atom stereocenters. The number of hydrogen-bond acceptors (Lipinski definition) is 5. The lowest BCUT2D eigenvalue weighted by Gasteiger charge is -2.35. The van der Waals surface area contributed by atoms with E-state index in [1.54, 1.807) is 35.2 Å². The summed E-state index contributed by atoms with van der Waals surface area (Å²) in [5.74, 6) is -0.893. The van der Waals surface area contributed by atoms with Crippen LogP contribution >= 0.6 is 0 Å². The first-order chi connectivity index (χ1) is 15.4. The van der Waals surface area contributed by atoms with Gasteiger partial charge in [-0.25, -0.2) is 4.98 Å². The van der Waals surface area contributed by atoms with Crippen LogP contribution in [-0.2, 0) is 11.3 Å². The maximum Gasteiger partial charge on any atom is 0.387 e. The molecule has 0 N–H and O–H groups in total. The Morgan fingerprint density at radius 2 is 1.62 bits per heavy atom. The van der Waals surface area contributed by atoms with Gasteiger partial charge in [0, 0.05) is 26.2 Å². The molecule has 1 aliphatic rings. The van der Waals surface area contributed by atoms with E-state index in [0.29, 0.717) is 10.9 Å². The van der Waals surface area contributed by atoms with Gasteiger partial charge in [-0.2, -0.15) is 8.78 Å². The quantitative estimate of drug-likeness (QED) is 0.603. The molecule has 0 atom stereocenters. The molecule has 0 radical (unpaired) electrons. The van der Waals surface area contributed by atoms with Crippen molar-refractivity contribution >= 4 is 22.7 Å². The second kappa shape index (κ2) is 9.13. The highest BCUT2D eigenvalue weighted by atomic mass is 19.3. The van der Waals surface area contributed by atoms with Crippen molar-refractivity contribution in [2.75, 3.05) is 26.2 Å². The van der Waals surface area contributed by atoms with Crippen LogP contribution in [0.1, 0.15) is 10.4 Å². The van der Waals surface area contributed by atoms with Crippen molar-refractivity contribution in [3.63, 3.8) is 0 Å². The zero-order chi connectivity index (χ0) is 22.7. The van der Waals surface area contributed by atoms with Gasteiger partial charge in [0.1, 0.15) is 12.3 Å². The normalized spacial score (nSPS) is 14.1. The minimum absolute atomic E-state index is 0.0429. The second-order valence-corrected chi connectivity index (χ2v) is 7.24. The minimum Gasteiger partial charge on any atom is -0.434 e. The summed E-state index contributed by atoms with van der Waals surface area (Å²) in [5.41, 5.74) is 0.305. The first-order valence-corrected chi connectivity index (χ1v) is 9.99. The van der Waals surface area contributed by atoms with E-state index in [9.17, 15) is 23.2 Å². The fraction of sp³-hybridized carbons (Fsp3) is 0.273. The van der Waals surface area contributed by atoms with Gasteiger partial charge in [-0.1, -0.05) is 24.3 Å². The number of hydrogen-bond donors (Lipinski definition) is 0. The third-order valence-corrected chi connectivity index (χ3v) is 5.29. The molecule has 4 rings (SSSR count). The Labute approximate surface area is 181 Å². The topological polar surface area (TPSA) is 84.7 Å². The minimum atomic E-state index is -3.04. The van der Waals surface area contributed by atoms with Gasteiger partial charge in [0.2, 0.25) is 5.91 Å². The van der Waals surface area contributed by atoms with Gasteiger partial charge in [0.05, 0.1) is 22.8 Å². The molecule has 1 aliphatic heterocycles. The van der Waals surface area contributed by atoms with Crippen LogP contribution in [0.4, 0.5) is 8.78 Å². The van der Waals surface area contributed by atoms with Crippen molar-refractivity contribution in [3.05, 3.63) is 70.8 Å². The molecule has 1 saturated heterocycles. The largest absolute Gasteiger partial charge is 0.434 e. The standard InChI is InChI=1S/C22H20F2N4O4/c23-22(24)32-18-8-4-2-6-16(18)21(31)27-11-9-26(10-12-27)19(29)13-28-14-25-17-7-3-1-5-15(17)20(28)30/h1-8,14,22H,9-13H2. The third-order valence-electron chi connectivity index (χ3n) is 5.29. The number of nitrogens with zero attached hydrogens (tertiary/aromatic N) is 4. The van der Waals surface area contributed by atoms with E-state index < -0.39 is 12.5 Å². The molecule has 0 saturated carbocycles. The number of carbonyl (C=O) groups is 2. The Hall–Kier alpha value is -3.82. The van der Waals surface area contributed by atoms with Gasteiger partial charge < -0.3 is 14.5 Å². The maximum absolute atomic E-state index is 12.8. The van der Waals surface area contributed by atoms with E-state index in [1.165, 1.54) is 34.0 Å². The molecule has 32 heavy (non-hydrogen) atoms. The average molecular weight is 442 g/mol. The molecule has 2 amide bonds. The zero-order valence-electron chi connectivity index (χ0n) is 17.0. The number of halogens is 2. The molecule has 166 valence electrons. The number of fused-ring (bicyclic) bond motifs is 1. The summed E-state index contributed by atoms with van der Waals surface area (Å²) in [4.78, 5) is 45.3. The predicted molar refractivity (Wildman–Crippen MR) is 112 cm³/mol. The summed E-state index contributed by atoms with van der Waals surface area (Å²) in [6, 6.07) is 12.7. The highest BCUT2D eigenvalue weighted by Gasteiger charge is 2.27. The van der Waals surface area contributed by atoms with E-state index in [2.05, 4.69) is 9.72 Å². The van der Waals surface area contributed by atoms with Crippen molar-refractivity contribution in [2.24, 2.45) is 0 Å². The van der Waals surface area contributed by atoms with Crippen LogP contribution in [-0.4, -0.2) is 64.0 Å². The molecular weight excluding hydrogens is 422 g/mol. The maximum atomic E-state index is 12.8. The fourth-order valence-electron chi connectivity index (χ4n) is 3.64. The van der Waals surface area contributed by atoms with E-state index in [0.717, 1.165) is 0 Å². The van der Waals surface area contributed by atoms with Gasteiger partial charge in [-0.05, 0) is 24.3 Å². The molecule has 8 nitrogen and oxygen atoms in total. The van der Waals surface area contributed by atoms with E-state index in [1.807, 2.05) is 0 Å². The second-order valence-electron chi connectivity index (χ2n) is 7.24. The van der Waals surface area contributed by atoms with Crippen LogP contribution in [0, 0.1) is 0 Å². The summed E-state index contributed by atoms with van der Waals surface area (Å²) in [6.45, 7) is -2.20. The van der Waals surface area contributed by atoms with Crippen molar-refractivity contribution in [3.8, 4) is 5.75 Å². The smallest absolute Gasteiger partial charge is 0.387 e. The molecule has 1 aromatic heterocycles. The number of rotatable bonds is 5. The average Bonchev–Trinajstić information content (AvgIpc) is 2.80. The van der Waals surface area contributed by atoms with Crippen LogP contribution in [0.25, 0.3) is 10.9 Å². The van der Waals surface area contributed by atoms with Crippen molar-refractivity contribution in [2.45, 2.75) is 13.2 Å². The molecular formula is C22H20F2N4O4. The molecule has 3 aromatic rings. The van der Waals surface area contributed by atoms with Gasteiger partial charge in [0.25, 0.3) is 11.5 Å². The first kappa shape index (κ1) is 21.4. The summed E-state index contributed by atoms with van der Waals surface area (Å²) in [5, 5.41) is 0.433. The summed E-state index contributed by atoms with van der Waals surface area (Å²) >= 11 is 0. The number of carbonyl (C=O) groups excluding carboxylic acids is 2. The van der Waals surface area contributed by atoms with Gasteiger partial charge in [0.15, 0.2) is 0 Å². The van der Waals surface area contributed by atoms with Crippen LogP contribution in [0.15, 0.2) is 59.7 Å². The Balaban J connectivity index is 1.40. The third kappa shape index (κ3) is 4.43. The number of piperazine rings is 1. The van der Waals surface area contributed by atoms with Gasteiger partial charge in [-0.15, -0.1) is 0 Å². The fourth-order valence-corrected chi connectivity index (χ4v) is 3.64. The number of alkyl halides is 2. The van der Waals surface area contributed by atoms with Gasteiger partial charge in [-0.3, -0.25) is 19.0 Å². The number of benzene rings is 2. The van der Waals surface area contributed by atoms with Crippen LogP contribution in [0.5, 0.6) is 5.75 Å². The molecule has 0 spiro atoms. The Morgan fingerprint density at radius 1 is 0.969 bits per heavy atom. The number of aromatic nitrogens is 2. The van der Waals surface area contributed by atoms with E-state index in [-0.39, 0.29) is 55.5 Å². The van der Waals surface area contributed by atoms with Crippen LogP contribution in [0.3, 0.4) is 0 Å². The number of ether oxygens (including phenoxy) is 1. The van der Waals surface area contributed by atoms with E-state index in [4.69, 9.17) is 0 Å². The van der Waals surface area contributed by atoms with Gasteiger partial charge >= 0.3 is 6.61 Å². The molecule has 0 bridgehead atoms. The molecule has 2 aromatic carbocycles. The first-order valence-electron chi connectivity index (χ1n) is 9.99. The summed E-state index contributed by atoms with van der Waals surface area (Å²) < 4.78 is 30.9. The molecule has 0 aliphatic carbocycles. The van der Waals surface area contributed by atoms with Crippen LogP contribution in [0.2, 0.25) is 0 Å². The Morgan fingerprint density at radius 3 is 2.38 bits per heavy atom. The highest BCUT2D eigenvalue weighted by Crippen LogP contribution is 2.22. The molecule has 2 heterocycles. The number of amides is 2. The Bertz CT molecular complexity index is 1210. The lowest BCUT2D eigenvalue weighted by Crippen LogP contribution is -2.51. The van der Waals surface area contributed by atoms with Crippen molar-refractivity contribution < 1.29 is 23.1 Å². The zero-order valence-corrected chi connectivity index (χ0v) is 17.0. The monoisotopic (exact) mass is 442 g/mol. The predicted octanol–water partition coefficient (Wildman–Crippen LogP) is 1.98. The van der Waals surface area contributed by atoms with Crippen molar-refractivity contribution in [1.82, 2.24) is 19.4 Å². The lowest BCUT2D eigenvalue weighted by atomic mass is 10.1. The highest BCUT2D eigenvalue weighted by molar-refractivity contribution is 5.97. The molecule has 1 fully saturated rings. The van der Waals surface area contributed by atoms with Crippen LogP contribution < -0.4 is 10.3 Å². The Kier molecular flexibility index (Phi) is 6.11. The van der Waals surface area contributed by atoms with E-state index >= 15 is 0 Å². The van der Waals surface area contributed by atoms with Crippen molar-refractivity contribution in [1.29, 1.82) is 0 Å². The number of para-hydroxylation sites is 2. The summed E-state index contributed by atoms with van der Waals surface area (Å²) in [7, 11) is 0. The summed E-state index contributed by atoms with van der Waals surface area (Å²) in [6.07, 6.45) is 1.35. The SMILES string of the molecule is O=C(Cn1cnc2ccccc2c1=O)N1CCN(C(=O)c2ccccc2OC(F)F)CC1. The lowest BCUT2D eigenvalue weighted by molar-refractivity contribution is -0.133.